The Morgan fingerprint density at radius 2 is 1.15 bits per heavy atom. The van der Waals surface area contributed by atoms with Gasteiger partial charge in [0.15, 0.2) is 17.5 Å². The molecule has 7 nitrogen and oxygen atoms in total. The second-order valence-corrected chi connectivity index (χ2v) is 14.6. The highest BCUT2D eigenvalue weighted by Crippen LogP contribution is 2.36. The van der Waals surface area contributed by atoms with E-state index in [2.05, 4.69) is 161 Å². The van der Waals surface area contributed by atoms with Crippen LogP contribution in [0.25, 0.3) is 89.2 Å². The normalized spacial score (nSPS) is 12.6. The van der Waals surface area contributed by atoms with Crippen LogP contribution in [0.5, 0.6) is 0 Å². The third-order valence-corrected chi connectivity index (χ3v) is 10.9. The van der Waals surface area contributed by atoms with Crippen molar-refractivity contribution >= 4 is 55.6 Å². The molecule has 0 saturated heterocycles. The molecule has 0 fully saturated rings. The van der Waals surface area contributed by atoms with Crippen LogP contribution in [-0.2, 0) is 0 Å². The van der Waals surface area contributed by atoms with Crippen molar-refractivity contribution in [2.45, 2.75) is 6.42 Å². The molecule has 7 aromatic carbocycles. The largest absolute Gasteiger partial charge is 0.325 e. The van der Waals surface area contributed by atoms with Crippen LogP contribution < -0.4 is 5.32 Å². The Balaban J connectivity index is 1.11. The lowest BCUT2D eigenvalue weighted by Gasteiger charge is -2.17. The van der Waals surface area contributed by atoms with Gasteiger partial charge < -0.3 is 5.32 Å². The molecule has 0 amide bonds. The van der Waals surface area contributed by atoms with Crippen LogP contribution in [0.4, 0.5) is 11.6 Å². The van der Waals surface area contributed by atoms with E-state index in [1.54, 1.807) is 0 Å². The quantitative estimate of drug-likeness (QED) is 0.174. The van der Waals surface area contributed by atoms with Crippen molar-refractivity contribution in [1.82, 2.24) is 29.3 Å². The average molecular weight is 758 g/mol. The molecule has 11 rings (SSSR count). The highest BCUT2D eigenvalue weighted by molar-refractivity contribution is 5.99. The molecule has 0 unspecified atom stereocenters. The Labute approximate surface area is 340 Å². The predicted molar refractivity (Wildman–Crippen MR) is 241 cm³/mol. The fourth-order valence-corrected chi connectivity index (χ4v) is 7.98. The zero-order valence-corrected chi connectivity index (χ0v) is 31.9. The standard InChI is InChI=1S/C52H35N7/c1-2-5-18-37(17-4-1)41-32-31-39(33-46(41)55-52-54-44-24-11-10-22-43(44)51-53-45-25-12-13-26-47(45)59(51)52)49-56-48(38-29-27-35(28-30-38)34-15-6-3-7-16-34)57-50(58-49)42-23-14-20-36-19-8-9-21-40(36)42/h1-4,6-33H,5H2,(H,54,55). The minimum absolute atomic E-state index is 0.566. The van der Waals surface area contributed by atoms with Crippen LogP contribution >= 0.6 is 0 Å². The highest BCUT2D eigenvalue weighted by atomic mass is 15.2. The lowest BCUT2D eigenvalue weighted by Crippen LogP contribution is -2.05. The van der Waals surface area contributed by atoms with Crippen molar-refractivity contribution in [3.63, 3.8) is 0 Å². The number of fused-ring (bicyclic) bond motifs is 6. The van der Waals surface area contributed by atoms with E-state index < -0.39 is 0 Å². The van der Waals surface area contributed by atoms with Crippen LogP contribution in [0.3, 0.4) is 0 Å². The first-order valence-corrected chi connectivity index (χ1v) is 19.7. The van der Waals surface area contributed by atoms with Crippen LogP contribution in [0, 0.1) is 0 Å². The Kier molecular flexibility index (Phi) is 8.40. The van der Waals surface area contributed by atoms with Gasteiger partial charge in [-0.25, -0.2) is 24.9 Å². The molecule has 7 heteroatoms. The van der Waals surface area contributed by atoms with Gasteiger partial charge in [0.2, 0.25) is 5.95 Å². The van der Waals surface area contributed by atoms with Crippen LogP contribution in [0.1, 0.15) is 12.0 Å². The topological polar surface area (TPSA) is 80.9 Å². The number of aromatic nitrogens is 6. The number of nitrogens with one attached hydrogen (secondary N) is 1. The van der Waals surface area contributed by atoms with E-state index in [0.717, 1.165) is 89.4 Å². The summed E-state index contributed by atoms with van der Waals surface area (Å²) in [5.41, 5.74) is 11.5. The summed E-state index contributed by atoms with van der Waals surface area (Å²) in [4.78, 5) is 25.9. The minimum atomic E-state index is 0.566. The molecule has 1 aliphatic rings. The third-order valence-electron chi connectivity index (χ3n) is 10.9. The first kappa shape index (κ1) is 34.2. The summed E-state index contributed by atoms with van der Waals surface area (Å²) in [6.07, 6.45) is 11.6. The molecular formula is C52H35N7. The molecule has 59 heavy (non-hydrogen) atoms. The summed E-state index contributed by atoms with van der Waals surface area (Å²) < 4.78 is 2.12. The van der Waals surface area contributed by atoms with E-state index in [9.17, 15) is 0 Å². The van der Waals surface area contributed by atoms with E-state index in [1.807, 2.05) is 42.5 Å². The lowest BCUT2D eigenvalue weighted by molar-refractivity contribution is 1.08. The zero-order valence-electron chi connectivity index (χ0n) is 31.9. The highest BCUT2D eigenvalue weighted by Gasteiger charge is 2.19. The van der Waals surface area contributed by atoms with Gasteiger partial charge in [0.1, 0.15) is 5.65 Å². The molecule has 1 N–H and O–H groups in total. The van der Waals surface area contributed by atoms with Gasteiger partial charge in [-0.05, 0) is 64.2 Å². The maximum Gasteiger partial charge on any atom is 0.214 e. The number of anilines is 2. The predicted octanol–water partition coefficient (Wildman–Crippen LogP) is 12.7. The lowest BCUT2D eigenvalue weighted by atomic mass is 9.99. The van der Waals surface area contributed by atoms with Gasteiger partial charge in [0, 0.05) is 33.3 Å². The molecule has 10 aromatic rings. The summed E-state index contributed by atoms with van der Waals surface area (Å²) in [6.45, 7) is 0. The Hall–Kier alpha value is -8.03. The van der Waals surface area contributed by atoms with Gasteiger partial charge in [-0.15, -0.1) is 0 Å². The maximum atomic E-state index is 5.22. The number of benzene rings is 7. The summed E-state index contributed by atoms with van der Waals surface area (Å²) in [5.74, 6) is 2.43. The molecular weight excluding hydrogens is 723 g/mol. The van der Waals surface area contributed by atoms with E-state index >= 15 is 0 Å². The fraction of sp³-hybridized carbons (Fsp3) is 0.0192. The number of imidazole rings is 1. The van der Waals surface area contributed by atoms with E-state index in [1.165, 1.54) is 0 Å². The fourth-order valence-electron chi connectivity index (χ4n) is 7.98. The number of nitrogens with zero attached hydrogens (tertiary/aromatic N) is 6. The Bertz CT molecular complexity index is 3320. The average Bonchev–Trinajstić information content (AvgIpc) is 3.49. The van der Waals surface area contributed by atoms with Crippen LogP contribution in [0.15, 0.2) is 194 Å². The molecule has 3 heterocycles. The van der Waals surface area contributed by atoms with Gasteiger partial charge >= 0.3 is 0 Å². The number of hydrogen-bond donors (Lipinski definition) is 1. The molecule has 0 bridgehead atoms. The van der Waals surface area contributed by atoms with Crippen molar-refractivity contribution in [2.75, 3.05) is 5.32 Å². The van der Waals surface area contributed by atoms with Crippen LogP contribution in [-0.4, -0.2) is 29.3 Å². The second kappa shape index (κ2) is 14.5. The summed E-state index contributed by atoms with van der Waals surface area (Å²) in [7, 11) is 0. The summed E-state index contributed by atoms with van der Waals surface area (Å²) in [5, 5.41) is 6.98. The Morgan fingerprint density at radius 3 is 2.03 bits per heavy atom. The van der Waals surface area contributed by atoms with E-state index in [0.29, 0.717) is 23.4 Å². The summed E-state index contributed by atoms with van der Waals surface area (Å²) in [6, 6.07) is 56.2. The third kappa shape index (κ3) is 6.31. The zero-order chi connectivity index (χ0) is 39.1. The number of allylic oxidation sites excluding steroid dienone is 6. The van der Waals surface area contributed by atoms with Crippen molar-refractivity contribution in [3.05, 3.63) is 200 Å². The number of para-hydroxylation sites is 3. The monoisotopic (exact) mass is 757 g/mol. The van der Waals surface area contributed by atoms with Gasteiger partial charge in [0.05, 0.1) is 16.6 Å². The molecule has 1 aliphatic carbocycles. The molecule has 0 saturated carbocycles. The van der Waals surface area contributed by atoms with Gasteiger partial charge in [-0.1, -0.05) is 164 Å². The van der Waals surface area contributed by atoms with E-state index in [-0.39, 0.29) is 0 Å². The van der Waals surface area contributed by atoms with Crippen molar-refractivity contribution in [2.24, 2.45) is 0 Å². The van der Waals surface area contributed by atoms with Gasteiger partial charge in [-0.2, -0.15) is 0 Å². The first-order chi connectivity index (χ1) is 29.2. The minimum Gasteiger partial charge on any atom is -0.325 e. The molecule has 0 spiro atoms. The maximum absolute atomic E-state index is 5.22. The number of hydrogen-bond acceptors (Lipinski definition) is 6. The van der Waals surface area contributed by atoms with Crippen molar-refractivity contribution in [1.29, 1.82) is 0 Å². The molecule has 3 aromatic heterocycles. The number of rotatable bonds is 7. The Morgan fingerprint density at radius 1 is 0.475 bits per heavy atom. The smallest absolute Gasteiger partial charge is 0.214 e. The molecule has 278 valence electrons. The SMILES string of the molecule is C1=CCC=C(c2ccc(-c3nc(-c4ccc(-c5ccccc5)cc4)nc(-c4cccc5ccccc45)n3)cc2Nc2nc3ccccc3c3nc4ccccc4n23)C=C1. The molecule has 0 atom stereocenters. The first-order valence-electron chi connectivity index (χ1n) is 19.7. The van der Waals surface area contributed by atoms with Crippen molar-refractivity contribution in [3.8, 4) is 45.3 Å². The van der Waals surface area contributed by atoms with Crippen LogP contribution in [0.2, 0.25) is 0 Å². The summed E-state index contributed by atoms with van der Waals surface area (Å²) >= 11 is 0. The second-order valence-electron chi connectivity index (χ2n) is 14.6. The molecule has 0 aliphatic heterocycles. The van der Waals surface area contributed by atoms with Crippen molar-refractivity contribution < 1.29 is 0 Å². The van der Waals surface area contributed by atoms with Gasteiger partial charge in [-0.3, -0.25) is 4.40 Å². The van der Waals surface area contributed by atoms with E-state index in [4.69, 9.17) is 24.9 Å². The molecule has 0 radical (unpaired) electrons. The van der Waals surface area contributed by atoms with Gasteiger partial charge in [0.25, 0.3) is 0 Å².